The first-order valence-electron chi connectivity index (χ1n) is 9.52. The van der Waals surface area contributed by atoms with Crippen LogP contribution in [-0.4, -0.2) is 41.3 Å². The molecule has 1 aromatic heterocycles. The summed E-state index contributed by atoms with van der Waals surface area (Å²) in [6, 6.07) is 14.4. The van der Waals surface area contributed by atoms with Gasteiger partial charge in [0.25, 0.3) is 5.91 Å². The van der Waals surface area contributed by atoms with E-state index in [1.807, 2.05) is 30.3 Å². The fourth-order valence-electron chi connectivity index (χ4n) is 3.17. The number of thiazole rings is 1. The minimum Gasteiger partial charge on any atom is -0.406 e. The van der Waals surface area contributed by atoms with E-state index in [1.54, 1.807) is 4.90 Å². The summed E-state index contributed by atoms with van der Waals surface area (Å²) in [6.07, 6.45) is -3.50. The quantitative estimate of drug-likeness (QED) is 0.575. The first-order chi connectivity index (χ1) is 15.3. The van der Waals surface area contributed by atoms with Gasteiger partial charge in [0, 0.05) is 31.4 Å². The third-order valence-corrected chi connectivity index (χ3v) is 5.60. The van der Waals surface area contributed by atoms with E-state index >= 15 is 0 Å². The van der Waals surface area contributed by atoms with Gasteiger partial charge in [-0.05, 0) is 17.7 Å². The lowest BCUT2D eigenvalue weighted by Crippen LogP contribution is -2.31. The molecule has 0 atom stereocenters. The molecule has 4 rings (SSSR count). The maximum absolute atomic E-state index is 12.7. The molecule has 0 spiro atoms. The summed E-state index contributed by atoms with van der Waals surface area (Å²) in [5.74, 6) is -0.993. The fraction of sp³-hybridized carbons (Fsp3) is 0.190. The highest BCUT2D eigenvalue weighted by molar-refractivity contribution is 7.17. The van der Waals surface area contributed by atoms with Gasteiger partial charge in [-0.25, -0.2) is 9.78 Å². The molecule has 1 aliphatic rings. The highest BCUT2D eigenvalue weighted by atomic mass is 32.1. The largest absolute Gasteiger partial charge is 0.573 e. The van der Waals surface area contributed by atoms with Crippen molar-refractivity contribution in [2.75, 3.05) is 23.3 Å². The number of carbonyl (C=O) groups excluding carboxylic acids is 2. The standard InChI is InChI=1S/C21H17F3N4O3S/c22-21(23,24)31-16-8-4-7-15(11-16)26-18(29)17-12-25-19(32-17)28-10-9-27(20(28)30)13-14-5-2-1-3-6-14/h1-8,11-12H,9-10,13H2,(H,26,29). The third kappa shape index (κ3) is 5.17. The number of urea groups is 1. The van der Waals surface area contributed by atoms with Crippen LogP contribution in [0, 0.1) is 0 Å². The van der Waals surface area contributed by atoms with Crippen molar-refractivity contribution in [1.29, 1.82) is 0 Å². The predicted molar refractivity (Wildman–Crippen MR) is 113 cm³/mol. The number of amides is 3. The van der Waals surface area contributed by atoms with Crippen LogP contribution < -0.4 is 15.0 Å². The van der Waals surface area contributed by atoms with Crippen molar-refractivity contribution in [2.24, 2.45) is 0 Å². The predicted octanol–water partition coefficient (Wildman–Crippen LogP) is 4.74. The van der Waals surface area contributed by atoms with E-state index in [0.29, 0.717) is 24.8 Å². The van der Waals surface area contributed by atoms with Crippen LogP contribution in [0.3, 0.4) is 0 Å². The summed E-state index contributed by atoms with van der Waals surface area (Å²) in [4.78, 5) is 32.9. The lowest BCUT2D eigenvalue weighted by Gasteiger charge is -2.16. The molecule has 0 bridgehead atoms. The van der Waals surface area contributed by atoms with Gasteiger partial charge in [0.15, 0.2) is 5.13 Å². The van der Waals surface area contributed by atoms with Crippen molar-refractivity contribution >= 4 is 34.1 Å². The van der Waals surface area contributed by atoms with Crippen molar-refractivity contribution in [2.45, 2.75) is 12.9 Å². The molecular weight excluding hydrogens is 445 g/mol. The average molecular weight is 462 g/mol. The van der Waals surface area contributed by atoms with Crippen LogP contribution in [0.5, 0.6) is 5.75 Å². The molecule has 0 aliphatic carbocycles. The Labute approximate surface area is 185 Å². The maximum Gasteiger partial charge on any atom is 0.573 e. The summed E-state index contributed by atoms with van der Waals surface area (Å²) >= 11 is 1.03. The Bertz CT molecular complexity index is 1120. The molecule has 2 aromatic carbocycles. The molecule has 3 amide bonds. The van der Waals surface area contributed by atoms with Gasteiger partial charge in [-0.2, -0.15) is 0 Å². The smallest absolute Gasteiger partial charge is 0.406 e. The second-order valence-corrected chi connectivity index (χ2v) is 7.89. The van der Waals surface area contributed by atoms with Crippen LogP contribution in [0.25, 0.3) is 0 Å². The molecule has 11 heteroatoms. The van der Waals surface area contributed by atoms with Gasteiger partial charge in [0.2, 0.25) is 0 Å². The van der Waals surface area contributed by atoms with Crippen LogP contribution in [0.4, 0.5) is 28.8 Å². The van der Waals surface area contributed by atoms with Gasteiger partial charge >= 0.3 is 12.4 Å². The van der Waals surface area contributed by atoms with Crippen LogP contribution in [0.15, 0.2) is 60.8 Å². The summed E-state index contributed by atoms with van der Waals surface area (Å²) in [6.45, 7) is 1.45. The fourth-order valence-corrected chi connectivity index (χ4v) is 4.00. The number of halogens is 3. The van der Waals surface area contributed by atoms with Crippen molar-refractivity contribution < 1.29 is 27.5 Å². The van der Waals surface area contributed by atoms with Gasteiger partial charge in [0.1, 0.15) is 10.6 Å². The molecule has 1 fully saturated rings. The number of anilines is 2. The van der Waals surface area contributed by atoms with E-state index in [-0.39, 0.29) is 16.6 Å². The van der Waals surface area contributed by atoms with Gasteiger partial charge in [-0.15, -0.1) is 13.2 Å². The lowest BCUT2D eigenvalue weighted by atomic mass is 10.2. The average Bonchev–Trinajstić information content (AvgIpc) is 3.35. The topological polar surface area (TPSA) is 74.8 Å². The third-order valence-electron chi connectivity index (χ3n) is 4.58. The minimum atomic E-state index is -4.83. The Morgan fingerprint density at radius 1 is 1.12 bits per heavy atom. The summed E-state index contributed by atoms with van der Waals surface area (Å²) in [5, 5.41) is 2.89. The number of alkyl halides is 3. The highest BCUT2D eigenvalue weighted by Gasteiger charge is 2.32. The monoisotopic (exact) mass is 462 g/mol. The number of ether oxygens (including phenoxy) is 1. The van der Waals surface area contributed by atoms with E-state index < -0.39 is 18.0 Å². The molecule has 0 saturated carbocycles. The Morgan fingerprint density at radius 3 is 2.66 bits per heavy atom. The van der Waals surface area contributed by atoms with Crippen LogP contribution in [0.1, 0.15) is 15.2 Å². The zero-order chi connectivity index (χ0) is 22.7. The number of hydrogen-bond acceptors (Lipinski definition) is 5. The summed E-state index contributed by atoms with van der Waals surface area (Å²) in [7, 11) is 0. The van der Waals surface area contributed by atoms with E-state index in [4.69, 9.17) is 0 Å². The SMILES string of the molecule is O=C(Nc1cccc(OC(F)(F)F)c1)c1cnc(N2CCN(Cc3ccccc3)C2=O)s1. The van der Waals surface area contributed by atoms with Crippen LogP contribution in [0.2, 0.25) is 0 Å². The van der Waals surface area contributed by atoms with Crippen LogP contribution in [-0.2, 0) is 6.54 Å². The second kappa shape index (κ2) is 8.87. The second-order valence-electron chi connectivity index (χ2n) is 6.88. The van der Waals surface area contributed by atoms with Crippen molar-refractivity contribution in [1.82, 2.24) is 9.88 Å². The first kappa shape index (κ1) is 21.6. The van der Waals surface area contributed by atoms with E-state index in [2.05, 4.69) is 15.0 Å². The molecule has 32 heavy (non-hydrogen) atoms. The Kier molecular flexibility index (Phi) is 5.99. The lowest BCUT2D eigenvalue weighted by molar-refractivity contribution is -0.274. The zero-order valence-electron chi connectivity index (χ0n) is 16.5. The molecule has 1 saturated heterocycles. The molecule has 166 valence electrons. The number of nitrogens with one attached hydrogen (secondary N) is 1. The Balaban J connectivity index is 1.40. The zero-order valence-corrected chi connectivity index (χ0v) is 17.3. The molecule has 1 aliphatic heterocycles. The molecule has 2 heterocycles. The van der Waals surface area contributed by atoms with Crippen molar-refractivity contribution in [3.8, 4) is 5.75 Å². The highest BCUT2D eigenvalue weighted by Crippen LogP contribution is 2.29. The van der Waals surface area contributed by atoms with Crippen LogP contribution >= 0.6 is 11.3 Å². The first-order valence-corrected chi connectivity index (χ1v) is 10.3. The number of aromatic nitrogens is 1. The van der Waals surface area contributed by atoms with Gasteiger partial charge in [-0.3, -0.25) is 9.69 Å². The molecule has 7 nitrogen and oxygen atoms in total. The van der Waals surface area contributed by atoms with E-state index in [1.165, 1.54) is 23.2 Å². The molecular formula is C21H17F3N4O3S. The number of rotatable bonds is 6. The van der Waals surface area contributed by atoms with E-state index in [9.17, 15) is 22.8 Å². The van der Waals surface area contributed by atoms with Gasteiger partial charge in [0.05, 0.1) is 6.20 Å². The number of carbonyl (C=O) groups is 2. The summed E-state index contributed by atoms with van der Waals surface area (Å²) < 4.78 is 41.0. The van der Waals surface area contributed by atoms with Gasteiger partial charge in [-0.1, -0.05) is 47.7 Å². The van der Waals surface area contributed by atoms with Crippen molar-refractivity contribution in [3.63, 3.8) is 0 Å². The Hall–Kier alpha value is -3.60. The van der Waals surface area contributed by atoms with Crippen molar-refractivity contribution in [3.05, 3.63) is 71.2 Å². The maximum atomic E-state index is 12.7. The number of nitrogens with zero attached hydrogens (tertiary/aromatic N) is 3. The molecule has 0 unspecified atom stereocenters. The normalized spacial score (nSPS) is 14.0. The van der Waals surface area contributed by atoms with E-state index in [0.717, 1.165) is 29.0 Å². The van der Waals surface area contributed by atoms with Gasteiger partial charge < -0.3 is 15.0 Å². The molecule has 1 N–H and O–H groups in total. The minimum absolute atomic E-state index is 0.137. The number of hydrogen-bond donors (Lipinski definition) is 1. The Morgan fingerprint density at radius 2 is 1.91 bits per heavy atom. The molecule has 3 aromatic rings. The number of benzene rings is 2. The molecule has 0 radical (unpaired) electrons. The summed E-state index contributed by atoms with van der Waals surface area (Å²) in [5.41, 5.74) is 1.15.